The summed E-state index contributed by atoms with van der Waals surface area (Å²) in [4.78, 5) is 12.2. The van der Waals surface area contributed by atoms with E-state index in [-0.39, 0.29) is 5.78 Å². The zero-order chi connectivity index (χ0) is 11.8. The molecule has 0 unspecified atom stereocenters. The molecule has 0 aliphatic rings. The van der Waals surface area contributed by atoms with Crippen LogP contribution in [0.1, 0.15) is 16.1 Å². The maximum Gasteiger partial charge on any atom is 0.217 e. The summed E-state index contributed by atoms with van der Waals surface area (Å²) in [5, 5.41) is 5.13. The molecule has 4 heteroatoms. The van der Waals surface area contributed by atoms with Crippen molar-refractivity contribution in [3.63, 3.8) is 0 Å². The highest BCUT2D eigenvalue weighted by atomic mass is 16.3. The zero-order valence-corrected chi connectivity index (χ0v) is 9.25. The van der Waals surface area contributed by atoms with E-state index in [2.05, 4.69) is 5.10 Å². The van der Waals surface area contributed by atoms with E-state index in [9.17, 15) is 4.79 Å². The van der Waals surface area contributed by atoms with Gasteiger partial charge in [0.15, 0.2) is 0 Å². The minimum Gasteiger partial charge on any atom is -0.472 e. The third-order valence-electron chi connectivity index (χ3n) is 2.76. The molecule has 0 spiro atoms. The Kier molecular flexibility index (Phi) is 2.08. The molecular formula is C13H10N2O2. The highest BCUT2D eigenvalue weighted by Crippen LogP contribution is 2.20. The Morgan fingerprint density at radius 2 is 2.12 bits per heavy atom. The van der Waals surface area contributed by atoms with Crippen LogP contribution in [0.15, 0.2) is 47.3 Å². The van der Waals surface area contributed by atoms with Crippen molar-refractivity contribution in [1.82, 2.24) is 9.78 Å². The Labute approximate surface area is 97.5 Å². The second-order valence-corrected chi connectivity index (χ2v) is 3.83. The fourth-order valence-corrected chi connectivity index (χ4v) is 1.91. The van der Waals surface area contributed by atoms with Crippen LogP contribution < -0.4 is 0 Å². The lowest BCUT2D eigenvalue weighted by Gasteiger charge is -1.92. The molecule has 0 aliphatic heterocycles. The quantitative estimate of drug-likeness (QED) is 0.630. The Bertz CT molecular complexity index is 681. The number of hydrogen-bond acceptors (Lipinski definition) is 3. The number of benzene rings is 1. The van der Waals surface area contributed by atoms with Gasteiger partial charge in [-0.15, -0.1) is 0 Å². The number of aryl methyl sites for hydroxylation is 1. The summed E-state index contributed by atoms with van der Waals surface area (Å²) >= 11 is 0. The summed E-state index contributed by atoms with van der Waals surface area (Å²) in [7, 11) is 1.83. The van der Waals surface area contributed by atoms with E-state index in [1.54, 1.807) is 10.7 Å². The minimum absolute atomic E-state index is 0.115. The van der Waals surface area contributed by atoms with Gasteiger partial charge in [0.25, 0.3) is 0 Å². The monoisotopic (exact) mass is 226 g/mol. The predicted octanol–water partition coefficient (Wildman–Crippen LogP) is 2.40. The highest BCUT2D eigenvalue weighted by molar-refractivity contribution is 6.14. The molecule has 0 fully saturated rings. The van der Waals surface area contributed by atoms with Gasteiger partial charge in [0.1, 0.15) is 12.0 Å². The van der Waals surface area contributed by atoms with Crippen LogP contribution >= 0.6 is 0 Å². The number of nitrogens with zero attached hydrogens (tertiary/aromatic N) is 2. The van der Waals surface area contributed by atoms with E-state index in [0.717, 1.165) is 10.9 Å². The number of ketones is 1. The van der Waals surface area contributed by atoms with Gasteiger partial charge in [0.2, 0.25) is 5.78 Å². The SMILES string of the molecule is Cn1nc(C(=O)c2ccoc2)c2ccccc21. The van der Waals surface area contributed by atoms with E-state index in [0.29, 0.717) is 11.3 Å². The summed E-state index contributed by atoms with van der Waals surface area (Å²) in [5.41, 5.74) is 1.93. The molecule has 0 amide bonds. The summed E-state index contributed by atoms with van der Waals surface area (Å²) < 4.78 is 6.63. The molecule has 0 radical (unpaired) electrons. The topological polar surface area (TPSA) is 48.0 Å². The van der Waals surface area contributed by atoms with Gasteiger partial charge in [-0.05, 0) is 12.1 Å². The number of carbonyl (C=O) groups is 1. The number of carbonyl (C=O) groups excluding carboxylic acids is 1. The molecule has 0 N–H and O–H groups in total. The van der Waals surface area contributed by atoms with Crippen LogP contribution in [-0.4, -0.2) is 15.6 Å². The van der Waals surface area contributed by atoms with Gasteiger partial charge in [-0.1, -0.05) is 18.2 Å². The Morgan fingerprint density at radius 3 is 2.88 bits per heavy atom. The van der Waals surface area contributed by atoms with Crippen LogP contribution in [0.25, 0.3) is 10.9 Å². The van der Waals surface area contributed by atoms with E-state index in [1.165, 1.54) is 12.5 Å². The van der Waals surface area contributed by atoms with Crippen LogP contribution in [0.5, 0.6) is 0 Å². The molecule has 1 aromatic carbocycles. The first-order valence-corrected chi connectivity index (χ1v) is 5.26. The zero-order valence-electron chi connectivity index (χ0n) is 9.25. The molecule has 17 heavy (non-hydrogen) atoms. The molecule has 3 aromatic rings. The van der Waals surface area contributed by atoms with Crippen LogP contribution in [0, 0.1) is 0 Å². The van der Waals surface area contributed by atoms with Gasteiger partial charge in [0, 0.05) is 12.4 Å². The Morgan fingerprint density at radius 1 is 1.29 bits per heavy atom. The largest absolute Gasteiger partial charge is 0.472 e. The maximum atomic E-state index is 12.2. The van der Waals surface area contributed by atoms with Gasteiger partial charge in [-0.2, -0.15) is 5.10 Å². The van der Waals surface area contributed by atoms with Gasteiger partial charge in [0.05, 0.1) is 17.3 Å². The molecule has 0 saturated heterocycles. The van der Waals surface area contributed by atoms with E-state index >= 15 is 0 Å². The van der Waals surface area contributed by atoms with E-state index in [4.69, 9.17) is 4.42 Å². The molecule has 84 valence electrons. The molecule has 0 aliphatic carbocycles. The molecule has 4 nitrogen and oxygen atoms in total. The number of fused-ring (bicyclic) bond motifs is 1. The third-order valence-corrected chi connectivity index (χ3v) is 2.76. The van der Waals surface area contributed by atoms with Crippen molar-refractivity contribution in [2.24, 2.45) is 7.05 Å². The molecular weight excluding hydrogens is 216 g/mol. The van der Waals surface area contributed by atoms with Crippen LogP contribution in [0.3, 0.4) is 0 Å². The van der Waals surface area contributed by atoms with E-state index in [1.807, 2.05) is 31.3 Å². The summed E-state index contributed by atoms with van der Waals surface area (Å²) in [6, 6.07) is 9.31. The van der Waals surface area contributed by atoms with Crippen molar-refractivity contribution in [3.05, 3.63) is 54.1 Å². The van der Waals surface area contributed by atoms with Gasteiger partial charge < -0.3 is 4.42 Å². The van der Waals surface area contributed by atoms with Crippen molar-refractivity contribution in [1.29, 1.82) is 0 Å². The normalized spacial score (nSPS) is 10.9. The van der Waals surface area contributed by atoms with Crippen LogP contribution in [-0.2, 0) is 7.05 Å². The van der Waals surface area contributed by atoms with Gasteiger partial charge >= 0.3 is 0 Å². The number of furan rings is 1. The second kappa shape index (κ2) is 3.59. The maximum absolute atomic E-state index is 12.2. The van der Waals surface area contributed by atoms with Crippen molar-refractivity contribution in [3.8, 4) is 0 Å². The summed E-state index contributed by atoms with van der Waals surface area (Å²) in [5.74, 6) is -0.115. The highest BCUT2D eigenvalue weighted by Gasteiger charge is 2.17. The molecule has 2 heterocycles. The van der Waals surface area contributed by atoms with Gasteiger partial charge in [-0.25, -0.2) is 0 Å². The number of para-hydroxylation sites is 1. The predicted molar refractivity (Wildman–Crippen MR) is 62.9 cm³/mol. The molecule has 2 aromatic heterocycles. The molecule has 0 saturated carbocycles. The van der Waals surface area contributed by atoms with Crippen LogP contribution in [0.4, 0.5) is 0 Å². The van der Waals surface area contributed by atoms with Gasteiger partial charge in [-0.3, -0.25) is 9.48 Å². The molecule has 0 atom stereocenters. The standard InChI is InChI=1S/C13H10N2O2/c1-15-11-5-3-2-4-10(11)12(14-15)13(16)9-6-7-17-8-9/h2-8H,1H3. The smallest absolute Gasteiger partial charge is 0.217 e. The summed E-state index contributed by atoms with van der Waals surface area (Å²) in [6.45, 7) is 0. The Hall–Kier alpha value is -2.36. The lowest BCUT2D eigenvalue weighted by atomic mass is 10.1. The number of rotatable bonds is 2. The first-order chi connectivity index (χ1) is 8.27. The fourth-order valence-electron chi connectivity index (χ4n) is 1.91. The minimum atomic E-state index is -0.115. The van der Waals surface area contributed by atoms with Crippen molar-refractivity contribution in [2.45, 2.75) is 0 Å². The summed E-state index contributed by atoms with van der Waals surface area (Å²) in [6.07, 6.45) is 2.92. The lowest BCUT2D eigenvalue weighted by molar-refractivity contribution is 0.103. The van der Waals surface area contributed by atoms with Crippen molar-refractivity contribution >= 4 is 16.7 Å². The fraction of sp³-hybridized carbons (Fsp3) is 0.0769. The van der Waals surface area contributed by atoms with Crippen molar-refractivity contribution < 1.29 is 9.21 Å². The van der Waals surface area contributed by atoms with Crippen molar-refractivity contribution in [2.75, 3.05) is 0 Å². The molecule has 0 bridgehead atoms. The lowest BCUT2D eigenvalue weighted by Crippen LogP contribution is -2.02. The first-order valence-electron chi connectivity index (χ1n) is 5.26. The first kappa shape index (κ1) is 9.84. The van der Waals surface area contributed by atoms with E-state index < -0.39 is 0 Å². The second-order valence-electron chi connectivity index (χ2n) is 3.83. The average molecular weight is 226 g/mol. The number of aromatic nitrogens is 2. The molecule has 3 rings (SSSR count). The number of hydrogen-bond donors (Lipinski definition) is 0. The Balaban J connectivity index is 2.22. The third kappa shape index (κ3) is 1.45. The average Bonchev–Trinajstić information content (AvgIpc) is 2.97. The van der Waals surface area contributed by atoms with Crippen LogP contribution in [0.2, 0.25) is 0 Å².